The highest BCUT2D eigenvalue weighted by Gasteiger charge is 2.29. The first-order valence-electron chi connectivity index (χ1n) is 10.7. The van der Waals surface area contributed by atoms with Crippen LogP contribution in [0.5, 0.6) is 0 Å². The van der Waals surface area contributed by atoms with E-state index in [1.165, 1.54) is 12.3 Å². The van der Waals surface area contributed by atoms with Crippen LogP contribution in [0.3, 0.4) is 0 Å². The van der Waals surface area contributed by atoms with Crippen LogP contribution in [0.25, 0.3) is 22.3 Å². The topological polar surface area (TPSA) is 75.1 Å². The largest absolute Gasteiger partial charge is 0.405 e. The van der Waals surface area contributed by atoms with Gasteiger partial charge < -0.3 is 15.5 Å². The van der Waals surface area contributed by atoms with E-state index in [0.717, 1.165) is 30.8 Å². The van der Waals surface area contributed by atoms with Gasteiger partial charge in [-0.1, -0.05) is 18.2 Å². The molecule has 10 heteroatoms. The Labute approximate surface area is 191 Å². The minimum absolute atomic E-state index is 0.0384. The molecule has 33 heavy (non-hydrogen) atoms. The number of halogens is 3. The van der Waals surface area contributed by atoms with Gasteiger partial charge in [0.1, 0.15) is 6.54 Å². The Hall–Kier alpha value is -2.98. The number of likely N-dealkylation sites (N-methyl/N-ethyl adjacent to an activating group) is 2. The molecule has 0 radical (unpaired) electrons. The number of fused-ring (bicyclic) bond motifs is 1. The number of carbonyl (C=O) groups is 1. The van der Waals surface area contributed by atoms with Gasteiger partial charge in [0.25, 0.3) is 5.91 Å². The number of rotatable bonds is 9. The standard InChI is InChI=1S/C23H29F3N6O/c1-15(2)32-21-19(12-29-32)18(22(33)28-14-23(24,25)26)11-20(30-21)17-7-5-6-16(10-17)13-31(4)9-8-27-3/h5-7,10-12,15,27H,8-9,13-14H2,1-4H3,(H,28,33). The molecular formula is C23H29F3N6O. The number of nitrogens with one attached hydrogen (secondary N) is 2. The van der Waals surface area contributed by atoms with Gasteiger partial charge in [-0.15, -0.1) is 0 Å². The molecule has 0 atom stereocenters. The zero-order valence-corrected chi connectivity index (χ0v) is 19.2. The van der Waals surface area contributed by atoms with E-state index < -0.39 is 18.6 Å². The summed E-state index contributed by atoms with van der Waals surface area (Å²) >= 11 is 0. The second-order valence-corrected chi connectivity index (χ2v) is 8.31. The molecule has 0 unspecified atom stereocenters. The van der Waals surface area contributed by atoms with Crippen LogP contribution in [0.15, 0.2) is 36.5 Å². The summed E-state index contributed by atoms with van der Waals surface area (Å²) in [5.41, 5.74) is 2.91. The third-order valence-corrected chi connectivity index (χ3v) is 5.17. The fourth-order valence-electron chi connectivity index (χ4n) is 3.53. The van der Waals surface area contributed by atoms with Crippen LogP contribution in [0.2, 0.25) is 0 Å². The van der Waals surface area contributed by atoms with Crippen molar-refractivity contribution in [2.45, 2.75) is 32.6 Å². The molecule has 2 heterocycles. The highest BCUT2D eigenvalue weighted by atomic mass is 19.4. The number of amides is 1. The molecule has 1 aromatic carbocycles. The van der Waals surface area contributed by atoms with Crippen molar-refractivity contribution in [2.24, 2.45) is 0 Å². The van der Waals surface area contributed by atoms with E-state index in [1.54, 1.807) is 4.68 Å². The molecule has 0 aliphatic rings. The Morgan fingerprint density at radius 2 is 2.00 bits per heavy atom. The molecule has 0 fully saturated rings. The summed E-state index contributed by atoms with van der Waals surface area (Å²) < 4.78 is 39.7. The number of hydrogen-bond acceptors (Lipinski definition) is 5. The molecule has 7 nitrogen and oxygen atoms in total. The van der Waals surface area contributed by atoms with Gasteiger partial charge in [0.05, 0.1) is 22.8 Å². The molecule has 3 rings (SSSR count). The van der Waals surface area contributed by atoms with Gasteiger partial charge in [0, 0.05) is 31.2 Å². The summed E-state index contributed by atoms with van der Waals surface area (Å²) in [6.07, 6.45) is -3.03. The van der Waals surface area contributed by atoms with Crippen LogP contribution < -0.4 is 10.6 Å². The number of carbonyl (C=O) groups excluding carboxylic acids is 1. The fraction of sp³-hybridized carbons (Fsp3) is 0.435. The van der Waals surface area contributed by atoms with Crippen LogP contribution in [0.4, 0.5) is 13.2 Å². The van der Waals surface area contributed by atoms with Crippen molar-refractivity contribution in [3.8, 4) is 11.3 Å². The van der Waals surface area contributed by atoms with Gasteiger partial charge in [-0.25, -0.2) is 9.67 Å². The smallest absolute Gasteiger partial charge is 0.343 e. The Balaban J connectivity index is 2.02. The predicted molar refractivity (Wildman–Crippen MR) is 122 cm³/mol. The first-order valence-corrected chi connectivity index (χ1v) is 10.7. The summed E-state index contributed by atoms with van der Waals surface area (Å²) in [6, 6.07) is 9.27. The van der Waals surface area contributed by atoms with Crippen LogP contribution in [0, 0.1) is 0 Å². The van der Waals surface area contributed by atoms with Crippen LogP contribution in [0.1, 0.15) is 35.8 Å². The third-order valence-electron chi connectivity index (χ3n) is 5.17. The van der Waals surface area contributed by atoms with Crippen molar-refractivity contribution < 1.29 is 18.0 Å². The Kier molecular flexibility index (Phi) is 7.70. The normalized spacial score (nSPS) is 12.2. The maximum atomic E-state index is 12.7. The maximum Gasteiger partial charge on any atom is 0.405 e. The summed E-state index contributed by atoms with van der Waals surface area (Å²) in [7, 11) is 3.93. The number of hydrogen-bond donors (Lipinski definition) is 2. The molecule has 2 N–H and O–H groups in total. The maximum absolute atomic E-state index is 12.7. The third kappa shape index (κ3) is 6.29. The van der Waals surface area contributed by atoms with E-state index >= 15 is 0 Å². The van der Waals surface area contributed by atoms with Gasteiger partial charge in [-0.3, -0.25) is 4.79 Å². The second-order valence-electron chi connectivity index (χ2n) is 8.31. The molecule has 1 amide bonds. The molecule has 0 bridgehead atoms. The molecule has 0 aliphatic heterocycles. The monoisotopic (exact) mass is 462 g/mol. The number of pyridine rings is 1. The Morgan fingerprint density at radius 1 is 1.24 bits per heavy atom. The number of alkyl halides is 3. The van der Waals surface area contributed by atoms with E-state index in [4.69, 9.17) is 4.98 Å². The average Bonchev–Trinajstić information content (AvgIpc) is 3.19. The first-order chi connectivity index (χ1) is 15.6. The molecule has 0 saturated heterocycles. The van der Waals surface area contributed by atoms with Gasteiger partial charge in [-0.2, -0.15) is 18.3 Å². The van der Waals surface area contributed by atoms with Crippen molar-refractivity contribution in [3.63, 3.8) is 0 Å². The van der Waals surface area contributed by atoms with Crippen molar-refractivity contribution in [2.75, 3.05) is 33.7 Å². The zero-order chi connectivity index (χ0) is 24.2. The van der Waals surface area contributed by atoms with E-state index in [-0.39, 0.29) is 11.6 Å². The highest BCUT2D eigenvalue weighted by molar-refractivity contribution is 6.06. The molecule has 0 saturated carbocycles. The predicted octanol–water partition coefficient (Wildman–Crippen LogP) is 3.62. The summed E-state index contributed by atoms with van der Waals surface area (Å²) in [5, 5.41) is 9.80. The molecule has 0 spiro atoms. The first kappa shape index (κ1) is 24.7. The minimum atomic E-state index is -4.50. The number of aromatic nitrogens is 3. The molecule has 0 aliphatic carbocycles. The van der Waals surface area contributed by atoms with Gasteiger partial charge in [-0.05, 0) is 45.6 Å². The Bertz CT molecular complexity index is 1110. The van der Waals surface area contributed by atoms with Gasteiger partial charge in [0.15, 0.2) is 5.65 Å². The van der Waals surface area contributed by atoms with Crippen LogP contribution >= 0.6 is 0 Å². The summed E-state index contributed by atoms with van der Waals surface area (Å²) in [5.74, 6) is -0.813. The lowest BCUT2D eigenvalue weighted by molar-refractivity contribution is -0.123. The molecule has 2 aromatic heterocycles. The zero-order valence-electron chi connectivity index (χ0n) is 19.2. The molecule has 3 aromatic rings. The van der Waals surface area contributed by atoms with E-state index in [2.05, 4.69) is 15.3 Å². The fourth-order valence-corrected chi connectivity index (χ4v) is 3.53. The van der Waals surface area contributed by atoms with Crippen LogP contribution in [-0.4, -0.2) is 65.5 Å². The van der Waals surface area contributed by atoms with E-state index in [9.17, 15) is 18.0 Å². The lowest BCUT2D eigenvalue weighted by Gasteiger charge is -2.17. The molecular weight excluding hydrogens is 433 g/mol. The quantitative estimate of drug-likeness (QED) is 0.508. The summed E-state index contributed by atoms with van der Waals surface area (Å²) in [4.78, 5) is 19.6. The van der Waals surface area contributed by atoms with Crippen molar-refractivity contribution in [3.05, 3.63) is 47.7 Å². The molecule has 178 valence electrons. The minimum Gasteiger partial charge on any atom is -0.343 e. The van der Waals surface area contributed by atoms with Crippen LogP contribution in [-0.2, 0) is 6.54 Å². The van der Waals surface area contributed by atoms with E-state index in [0.29, 0.717) is 16.7 Å². The van der Waals surface area contributed by atoms with Gasteiger partial charge in [0.2, 0.25) is 0 Å². The SMILES string of the molecule is CNCCN(C)Cc1cccc(-c2cc(C(=O)NCC(F)(F)F)c3cnn(C(C)C)c3n2)c1. The number of nitrogens with zero attached hydrogens (tertiary/aromatic N) is 4. The lowest BCUT2D eigenvalue weighted by Crippen LogP contribution is -2.33. The highest BCUT2D eigenvalue weighted by Crippen LogP contribution is 2.27. The van der Waals surface area contributed by atoms with Gasteiger partial charge >= 0.3 is 6.18 Å². The van der Waals surface area contributed by atoms with Crippen molar-refractivity contribution >= 4 is 16.9 Å². The lowest BCUT2D eigenvalue weighted by atomic mass is 10.0. The van der Waals surface area contributed by atoms with E-state index in [1.807, 2.05) is 57.5 Å². The second kappa shape index (κ2) is 10.3. The summed E-state index contributed by atoms with van der Waals surface area (Å²) in [6.45, 7) is 4.90. The Morgan fingerprint density at radius 3 is 2.67 bits per heavy atom. The average molecular weight is 463 g/mol. The van der Waals surface area contributed by atoms with Crippen molar-refractivity contribution in [1.29, 1.82) is 0 Å². The van der Waals surface area contributed by atoms with Crippen molar-refractivity contribution in [1.82, 2.24) is 30.3 Å². The number of benzene rings is 1.